The number of hydrogen-bond donors (Lipinski definition) is 1. The van der Waals surface area contributed by atoms with Gasteiger partial charge in [0.05, 0.1) is 5.92 Å². The molecular formula is C9H7F3O2. The second-order valence-corrected chi connectivity index (χ2v) is 2.85. The lowest BCUT2D eigenvalue weighted by Crippen LogP contribution is -2.10. The van der Waals surface area contributed by atoms with Crippen molar-refractivity contribution in [2.24, 2.45) is 0 Å². The Labute approximate surface area is 78.0 Å². The van der Waals surface area contributed by atoms with Gasteiger partial charge in [-0.3, -0.25) is 4.79 Å². The molecule has 2 nitrogen and oxygen atoms in total. The van der Waals surface area contributed by atoms with Gasteiger partial charge in [0.2, 0.25) is 0 Å². The molecule has 0 aliphatic carbocycles. The maximum Gasteiger partial charge on any atom is 0.310 e. The highest BCUT2D eigenvalue weighted by atomic mass is 19.2. The third kappa shape index (κ3) is 1.86. The summed E-state index contributed by atoms with van der Waals surface area (Å²) in [6.07, 6.45) is 0. The zero-order valence-corrected chi connectivity index (χ0v) is 7.22. The minimum atomic E-state index is -1.33. The number of carboxylic acid groups (broad SMARTS) is 1. The number of benzene rings is 1. The first-order valence-electron chi connectivity index (χ1n) is 3.80. The number of carbonyl (C=O) groups is 1. The van der Waals surface area contributed by atoms with Crippen LogP contribution in [0, 0.1) is 17.5 Å². The van der Waals surface area contributed by atoms with Gasteiger partial charge in [-0.2, -0.15) is 0 Å². The molecule has 1 N–H and O–H groups in total. The van der Waals surface area contributed by atoms with Crippen LogP contribution in [0.3, 0.4) is 0 Å². The predicted molar refractivity (Wildman–Crippen MR) is 42.4 cm³/mol. The summed E-state index contributed by atoms with van der Waals surface area (Å²) >= 11 is 0. The van der Waals surface area contributed by atoms with Crippen LogP contribution in [-0.2, 0) is 4.79 Å². The van der Waals surface area contributed by atoms with Crippen LogP contribution in [0.1, 0.15) is 18.4 Å². The van der Waals surface area contributed by atoms with Crippen molar-refractivity contribution in [3.63, 3.8) is 0 Å². The number of carboxylic acids is 1. The Hall–Kier alpha value is -1.52. The number of rotatable bonds is 2. The van der Waals surface area contributed by atoms with Gasteiger partial charge in [-0.05, 0) is 13.0 Å². The monoisotopic (exact) mass is 204 g/mol. The van der Waals surface area contributed by atoms with Gasteiger partial charge in [-0.15, -0.1) is 0 Å². The SMILES string of the molecule is CC(C(=O)O)c1cc(F)c(F)cc1F. The Morgan fingerprint density at radius 2 is 1.71 bits per heavy atom. The van der Waals surface area contributed by atoms with E-state index >= 15 is 0 Å². The molecule has 0 radical (unpaired) electrons. The van der Waals surface area contributed by atoms with E-state index in [0.717, 1.165) is 0 Å². The van der Waals surface area contributed by atoms with Crippen LogP contribution in [0.4, 0.5) is 13.2 Å². The smallest absolute Gasteiger partial charge is 0.310 e. The van der Waals surface area contributed by atoms with Crippen molar-refractivity contribution in [2.75, 3.05) is 0 Å². The summed E-state index contributed by atoms with van der Waals surface area (Å²) in [5, 5.41) is 8.54. The summed E-state index contributed by atoms with van der Waals surface area (Å²) < 4.78 is 38.1. The topological polar surface area (TPSA) is 37.3 Å². The standard InChI is InChI=1S/C9H7F3O2/c1-4(9(13)14)5-2-7(11)8(12)3-6(5)10/h2-4H,1H3,(H,13,14). The van der Waals surface area contributed by atoms with Gasteiger partial charge in [0, 0.05) is 11.6 Å². The fraction of sp³-hybridized carbons (Fsp3) is 0.222. The summed E-state index contributed by atoms with van der Waals surface area (Å²) in [5.41, 5.74) is -0.364. The van der Waals surface area contributed by atoms with Gasteiger partial charge < -0.3 is 5.11 Å². The van der Waals surface area contributed by atoms with Crippen LogP contribution < -0.4 is 0 Å². The zero-order valence-electron chi connectivity index (χ0n) is 7.22. The fourth-order valence-electron chi connectivity index (χ4n) is 1.00. The van der Waals surface area contributed by atoms with Gasteiger partial charge in [0.15, 0.2) is 11.6 Å². The molecule has 0 amide bonds. The molecule has 0 saturated carbocycles. The lowest BCUT2D eigenvalue weighted by molar-refractivity contribution is -0.138. The first-order chi connectivity index (χ1) is 6.43. The van der Waals surface area contributed by atoms with Gasteiger partial charge in [0.1, 0.15) is 5.82 Å². The minimum Gasteiger partial charge on any atom is -0.481 e. The number of halogens is 3. The van der Waals surface area contributed by atoms with E-state index < -0.39 is 29.3 Å². The molecule has 0 saturated heterocycles. The normalized spacial score (nSPS) is 12.6. The lowest BCUT2D eigenvalue weighted by Gasteiger charge is -2.07. The third-order valence-electron chi connectivity index (χ3n) is 1.88. The summed E-state index contributed by atoms with van der Waals surface area (Å²) in [6, 6.07) is 0.896. The van der Waals surface area contributed by atoms with Crippen molar-refractivity contribution in [3.8, 4) is 0 Å². The van der Waals surface area contributed by atoms with Gasteiger partial charge in [-0.25, -0.2) is 13.2 Å². The quantitative estimate of drug-likeness (QED) is 0.750. The van der Waals surface area contributed by atoms with Crippen LogP contribution in [0.5, 0.6) is 0 Å². The minimum absolute atomic E-state index is 0.337. The largest absolute Gasteiger partial charge is 0.481 e. The summed E-state index contributed by atoms with van der Waals surface area (Å²) in [7, 11) is 0. The fourth-order valence-corrected chi connectivity index (χ4v) is 1.00. The highest BCUT2D eigenvalue weighted by Crippen LogP contribution is 2.21. The van der Waals surface area contributed by atoms with E-state index in [4.69, 9.17) is 5.11 Å². The van der Waals surface area contributed by atoms with E-state index in [1.54, 1.807) is 0 Å². The molecule has 0 fully saturated rings. The van der Waals surface area contributed by atoms with Crippen LogP contribution >= 0.6 is 0 Å². The number of hydrogen-bond acceptors (Lipinski definition) is 1. The van der Waals surface area contributed by atoms with E-state index in [-0.39, 0.29) is 5.56 Å². The van der Waals surface area contributed by atoms with Crippen LogP contribution in [-0.4, -0.2) is 11.1 Å². The van der Waals surface area contributed by atoms with Crippen molar-refractivity contribution >= 4 is 5.97 Å². The predicted octanol–water partition coefficient (Wildman–Crippen LogP) is 2.29. The first kappa shape index (κ1) is 10.6. The lowest BCUT2D eigenvalue weighted by atomic mass is 10.0. The molecular weight excluding hydrogens is 197 g/mol. The van der Waals surface area contributed by atoms with E-state index in [2.05, 4.69) is 0 Å². The summed E-state index contributed by atoms with van der Waals surface area (Å²) in [5.74, 6) is -6.14. The molecule has 1 atom stereocenters. The molecule has 0 aliphatic heterocycles. The molecule has 5 heteroatoms. The third-order valence-corrected chi connectivity index (χ3v) is 1.88. The molecule has 1 rings (SSSR count). The molecule has 0 aromatic heterocycles. The molecule has 0 heterocycles. The van der Waals surface area contributed by atoms with Crippen molar-refractivity contribution in [1.82, 2.24) is 0 Å². The molecule has 0 aliphatic rings. The molecule has 14 heavy (non-hydrogen) atoms. The Bertz CT molecular complexity index is 377. The van der Waals surface area contributed by atoms with Crippen LogP contribution in [0.2, 0.25) is 0 Å². The van der Waals surface area contributed by atoms with Crippen LogP contribution in [0.15, 0.2) is 12.1 Å². The molecule has 76 valence electrons. The van der Waals surface area contributed by atoms with Gasteiger partial charge in [0.25, 0.3) is 0 Å². The van der Waals surface area contributed by atoms with Gasteiger partial charge in [-0.1, -0.05) is 0 Å². The molecule has 1 aromatic carbocycles. The molecule has 1 aromatic rings. The Kier molecular flexibility index (Phi) is 2.78. The van der Waals surface area contributed by atoms with Gasteiger partial charge >= 0.3 is 5.97 Å². The maximum atomic E-state index is 13.0. The van der Waals surface area contributed by atoms with Crippen LogP contribution in [0.25, 0.3) is 0 Å². The summed E-state index contributed by atoms with van der Waals surface area (Å²) in [6.45, 7) is 1.19. The van der Waals surface area contributed by atoms with E-state index in [0.29, 0.717) is 12.1 Å². The highest BCUT2D eigenvalue weighted by Gasteiger charge is 2.20. The second kappa shape index (κ2) is 3.69. The maximum absolute atomic E-state index is 13.0. The zero-order chi connectivity index (χ0) is 10.9. The average molecular weight is 204 g/mol. The Balaban J connectivity index is 3.22. The second-order valence-electron chi connectivity index (χ2n) is 2.85. The Morgan fingerprint density at radius 3 is 2.21 bits per heavy atom. The number of aliphatic carboxylic acids is 1. The molecule has 0 spiro atoms. The highest BCUT2D eigenvalue weighted by molar-refractivity contribution is 5.75. The van der Waals surface area contributed by atoms with E-state index in [1.807, 2.05) is 0 Å². The van der Waals surface area contributed by atoms with Crippen molar-refractivity contribution < 1.29 is 23.1 Å². The molecule has 0 bridgehead atoms. The Morgan fingerprint density at radius 1 is 1.21 bits per heavy atom. The van der Waals surface area contributed by atoms with E-state index in [9.17, 15) is 18.0 Å². The van der Waals surface area contributed by atoms with Crippen molar-refractivity contribution in [2.45, 2.75) is 12.8 Å². The average Bonchev–Trinajstić information content (AvgIpc) is 2.10. The molecule has 1 unspecified atom stereocenters. The van der Waals surface area contributed by atoms with E-state index in [1.165, 1.54) is 6.92 Å². The first-order valence-corrected chi connectivity index (χ1v) is 3.80. The van der Waals surface area contributed by atoms with Crippen molar-refractivity contribution in [1.29, 1.82) is 0 Å². The summed E-state index contributed by atoms with van der Waals surface area (Å²) in [4.78, 5) is 10.5. The van der Waals surface area contributed by atoms with Crippen molar-refractivity contribution in [3.05, 3.63) is 35.1 Å².